The van der Waals surface area contributed by atoms with Crippen LogP contribution < -0.4 is 10.6 Å². The second-order valence-corrected chi connectivity index (χ2v) is 5.91. The van der Waals surface area contributed by atoms with Crippen molar-refractivity contribution in [3.8, 4) is 0 Å². The molecule has 2 heterocycles. The van der Waals surface area contributed by atoms with Crippen molar-refractivity contribution in [3.63, 3.8) is 0 Å². The summed E-state index contributed by atoms with van der Waals surface area (Å²) in [7, 11) is 0. The number of hydrogen-bond donors (Lipinski definition) is 2. The third-order valence-corrected chi connectivity index (χ3v) is 3.77. The lowest BCUT2D eigenvalue weighted by molar-refractivity contribution is -0.383. The van der Waals surface area contributed by atoms with Crippen molar-refractivity contribution in [1.29, 1.82) is 0 Å². The summed E-state index contributed by atoms with van der Waals surface area (Å²) < 4.78 is 0. The summed E-state index contributed by atoms with van der Waals surface area (Å²) in [5.41, 5.74) is 3.37. The van der Waals surface area contributed by atoms with Crippen LogP contribution in [0, 0.1) is 30.9 Å². The molecule has 8 nitrogen and oxygen atoms in total. The number of pyridine rings is 1. The number of anilines is 4. The molecule has 0 amide bonds. The molecule has 3 rings (SSSR count). The van der Waals surface area contributed by atoms with Gasteiger partial charge in [-0.1, -0.05) is 23.8 Å². The zero-order valence-electron chi connectivity index (χ0n) is 14.6. The Labute approximate surface area is 150 Å². The number of benzene rings is 1. The number of rotatable bonds is 5. The van der Waals surface area contributed by atoms with Crippen LogP contribution in [0.5, 0.6) is 0 Å². The minimum absolute atomic E-state index is 0.0790. The van der Waals surface area contributed by atoms with Crippen molar-refractivity contribution in [2.24, 2.45) is 0 Å². The summed E-state index contributed by atoms with van der Waals surface area (Å²) in [6.45, 7) is 5.76. The van der Waals surface area contributed by atoms with E-state index in [1.165, 1.54) is 6.33 Å². The van der Waals surface area contributed by atoms with E-state index in [9.17, 15) is 10.1 Å². The van der Waals surface area contributed by atoms with Gasteiger partial charge in [-0.25, -0.2) is 15.0 Å². The van der Waals surface area contributed by atoms with Crippen molar-refractivity contribution in [2.75, 3.05) is 10.6 Å². The second-order valence-electron chi connectivity index (χ2n) is 5.91. The Morgan fingerprint density at radius 1 is 1.00 bits per heavy atom. The van der Waals surface area contributed by atoms with Gasteiger partial charge < -0.3 is 10.6 Å². The highest BCUT2D eigenvalue weighted by atomic mass is 16.6. The normalized spacial score (nSPS) is 10.4. The molecule has 0 atom stereocenters. The Bertz CT molecular complexity index is 974. The first-order valence-electron chi connectivity index (χ1n) is 7.98. The molecule has 0 bridgehead atoms. The Balaban J connectivity index is 1.99. The molecule has 8 heteroatoms. The predicted octanol–water partition coefficient (Wildman–Crippen LogP) is 4.19. The standard InChI is InChI=1S/C18H18N6O2/c1-11-7-8-14(12(2)9-11)22-17-16(24(25)26)18(20-10-19-17)23-15-6-4-5-13(3)21-15/h4-10H,1-3H3,(H2,19,20,21,22,23). The topological polar surface area (TPSA) is 106 Å². The quantitative estimate of drug-likeness (QED) is 0.525. The van der Waals surface area contributed by atoms with E-state index in [0.717, 1.165) is 22.5 Å². The van der Waals surface area contributed by atoms with E-state index in [1.807, 2.05) is 51.1 Å². The number of nitrogens with one attached hydrogen (secondary N) is 2. The van der Waals surface area contributed by atoms with Crippen molar-refractivity contribution < 1.29 is 4.92 Å². The van der Waals surface area contributed by atoms with E-state index >= 15 is 0 Å². The maximum atomic E-state index is 11.7. The molecule has 0 saturated carbocycles. The Morgan fingerprint density at radius 3 is 2.38 bits per heavy atom. The van der Waals surface area contributed by atoms with E-state index in [1.54, 1.807) is 6.07 Å². The summed E-state index contributed by atoms with van der Waals surface area (Å²) in [6, 6.07) is 11.2. The minimum Gasteiger partial charge on any atom is -0.334 e. The molecule has 0 spiro atoms. The molecular formula is C18H18N6O2. The van der Waals surface area contributed by atoms with Crippen LogP contribution in [0.25, 0.3) is 0 Å². The minimum atomic E-state index is -0.510. The van der Waals surface area contributed by atoms with Gasteiger partial charge in [0.15, 0.2) is 0 Å². The van der Waals surface area contributed by atoms with Gasteiger partial charge in [-0.2, -0.15) is 0 Å². The average Bonchev–Trinajstić information content (AvgIpc) is 2.57. The summed E-state index contributed by atoms with van der Waals surface area (Å²) >= 11 is 0. The summed E-state index contributed by atoms with van der Waals surface area (Å²) in [5, 5.41) is 17.6. The molecule has 3 aromatic rings. The largest absolute Gasteiger partial charge is 0.353 e. The van der Waals surface area contributed by atoms with Gasteiger partial charge in [-0.3, -0.25) is 10.1 Å². The Hall–Kier alpha value is -3.55. The van der Waals surface area contributed by atoms with Crippen LogP contribution in [0.1, 0.15) is 16.8 Å². The summed E-state index contributed by atoms with van der Waals surface area (Å²) in [4.78, 5) is 23.5. The number of aromatic nitrogens is 3. The molecule has 1 aromatic carbocycles. The molecule has 0 fully saturated rings. The van der Waals surface area contributed by atoms with Crippen molar-refractivity contribution in [2.45, 2.75) is 20.8 Å². The van der Waals surface area contributed by atoms with Crippen molar-refractivity contribution in [3.05, 3.63) is 69.7 Å². The Morgan fingerprint density at radius 2 is 1.73 bits per heavy atom. The van der Waals surface area contributed by atoms with Gasteiger partial charge in [0.05, 0.1) is 4.92 Å². The van der Waals surface area contributed by atoms with Gasteiger partial charge >= 0.3 is 5.69 Å². The third kappa shape index (κ3) is 3.75. The highest BCUT2D eigenvalue weighted by molar-refractivity contribution is 5.76. The average molecular weight is 350 g/mol. The zero-order valence-corrected chi connectivity index (χ0v) is 14.6. The molecule has 2 N–H and O–H groups in total. The van der Waals surface area contributed by atoms with Crippen LogP contribution in [-0.4, -0.2) is 19.9 Å². The molecule has 0 aliphatic carbocycles. The number of nitrogens with zero attached hydrogens (tertiary/aromatic N) is 4. The Kier molecular flexibility index (Phi) is 4.74. The maximum absolute atomic E-state index is 11.7. The molecule has 26 heavy (non-hydrogen) atoms. The lowest BCUT2D eigenvalue weighted by Gasteiger charge is -2.12. The van der Waals surface area contributed by atoms with Crippen molar-refractivity contribution in [1.82, 2.24) is 15.0 Å². The van der Waals surface area contributed by atoms with E-state index < -0.39 is 4.92 Å². The number of hydrogen-bond acceptors (Lipinski definition) is 7. The summed E-state index contributed by atoms with van der Waals surface area (Å²) in [5.74, 6) is 0.673. The SMILES string of the molecule is Cc1ccc(Nc2ncnc(Nc3cccc(C)n3)c2[N+](=O)[O-])c(C)c1. The number of aryl methyl sites for hydroxylation is 3. The zero-order chi connectivity index (χ0) is 18.7. The van der Waals surface area contributed by atoms with Gasteiger partial charge in [0.2, 0.25) is 11.6 Å². The lowest BCUT2D eigenvalue weighted by Crippen LogP contribution is -2.06. The van der Waals surface area contributed by atoms with Crippen LogP contribution in [-0.2, 0) is 0 Å². The number of nitro groups is 1. The molecule has 0 unspecified atom stereocenters. The van der Waals surface area contributed by atoms with Crippen LogP contribution in [0.2, 0.25) is 0 Å². The van der Waals surface area contributed by atoms with Gasteiger partial charge in [0.1, 0.15) is 12.1 Å². The molecule has 2 aromatic heterocycles. The van der Waals surface area contributed by atoms with Crippen molar-refractivity contribution >= 4 is 28.8 Å². The van der Waals surface area contributed by atoms with E-state index in [0.29, 0.717) is 5.82 Å². The fourth-order valence-electron chi connectivity index (χ4n) is 2.55. The first-order valence-corrected chi connectivity index (χ1v) is 7.98. The predicted molar refractivity (Wildman–Crippen MR) is 100 cm³/mol. The fourth-order valence-corrected chi connectivity index (χ4v) is 2.55. The van der Waals surface area contributed by atoms with Crippen LogP contribution in [0.15, 0.2) is 42.7 Å². The summed E-state index contributed by atoms with van der Waals surface area (Å²) in [6.07, 6.45) is 1.27. The van der Waals surface area contributed by atoms with Crippen LogP contribution >= 0.6 is 0 Å². The fraction of sp³-hybridized carbons (Fsp3) is 0.167. The monoisotopic (exact) mass is 350 g/mol. The van der Waals surface area contributed by atoms with Crippen LogP contribution in [0.4, 0.5) is 28.8 Å². The highest BCUT2D eigenvalue weighted by Crippen LogP contribution is 2.33. The van der Waals surface area contributed by atoms with E-state index in [-0.39, 0.29) is 17.3 Å². The third-order valence-electron chi connectivity index (χ3n) is 3.77. The lowest BCUT2D eigenvalue weighted by atomic mass is 10.1. The molecule has 0 saturated heterocycles. The van der Waals surface area contributed by atoms with Gasteiger partial charge in [0.25, 0.3) is 0 Å². The van der Waals surface area contributed by atoms with E-state index in [2.05, 4.69) is 25.6 Å². The molecule has 0 radical (unpaired) electrons. The van der Waals surface area contributed by atoms with Gasteiger partial charge in [-0.05, 0) is 44.5 Å². The smallest absolute Gasteiger partial charge is 0.334 e. The maximum Gasteiger partial charge on any atom is 0.353 e. The van der Waals surface area contributed by atoms with Gasteiger partial charge in [-0.15, -0.1) is 0 Å². The first-order chi connectivity index (χ1) is 12.4. The molecule has 0 aliphatic rings. The highest BCUT2D eigenvalue weighted by Gasteiger charge is 2.24. The molecule has 132 valence electrons. The second kappa shape index (κ2) is 7.14. The molecular weight excluding hydrogens is 332 g/mol. The van der Waals surface area contributed by atoms with Crippen LogP contribution in [0.3, 0.4) is 0 Å². The van der Waals surface area contributed by atoms with E-state index in [4.69, 9.17) is 0 Å². The first kappa shape index (κ1) is 17.3. The molecule has 0 aliphatic heterocycles. The van der Waals surface area contributed by atoms with Gasteiger partial charge in [0, 0.05) is 11.4 Å².